The van der Waals surface area contributed by atoms with Gasteiger partial charge < -0.3 is 4.74 Å². The highest BCUT2D eigenvalue weighted by Gasteiger charge is 2.47. The van der Waals surface area contributed by atoms with Gasteiger partial charge >= 0.3 is 5.97 Å². The van der Waals surface area contributed by atoms with E-state index in [4.69, 9.17) is 4.74 Å². The van der Waals surface area contributed by atoms with Gasteiger partial charge in [-0.05, 0) is 43.7 Å². The number of carbonyl (C=O) groups excluding carboxylic acids is 1. The number of nitrogens with zero attached hydrogens (tertiary/aromatic N) is 1. The third kappa shape index (κ3) is 2.81. The van der Waals surface area contributed by atoms with E-state index in [2.05, 4.69) is 4.99 Å². The fourth-order valence-corrected chi connectivity index (χ4v) is 3.47. The Labute approximate surface area is 126 Å². The fourth-order valence-electron chi connectivity index (χ4n) is 2.60. The van der Waals surface area contributed by atoms with Crippen LogP contribution in [0.5, 0.6) is 0 Å². The Morgan fingerprint density at radius 2 is 2.19 bits per heavy atom. The van der Waals surface area contributed by atoms with Crippen LogP contribution in [0.4, 0.5) is 8.78 Å². The van der Waals surface area contributed by atoms with Crippen molar-refractivity contribution in [2.24, 2.45) is 4.99 Å². The van der Waals surface area contributed by atoms with Crippen LogP contribution in [-0.4, -0.2) is 30.4 Å². The second kappa shape index (κ2) is 6.56. The molecule has 1 atom stereocenters. The highest BCUT2D eigenvalue weighted by Crippen LogP contribution is 2.39. The number of halogens is 2. The average molecular weight is 313 g/mol. The van der Waals surface area contributed by atoms with Gasteiger partial charge in [-0.15, -0.1) is 11.8 Å². The van der Waals surface area contributed by atoms with Crippen molar-refractivity contribution in [3.63, 3.8) is 0 Å². The first kappa shape index (κ1) is 15.9. The standard InChI is InChI=1S/C15H17F2NO2S/c1-3-20-14(19)15(7-4-8-18-13(15)21-2)10-5-6-11(16)12(17)9-10/h5-6,9H,3-4,7-8H2,1-2H3. The van der Waals surface area contributed by atoms with E-state index in [-0.39, 0.29) is 6.61 Å². The lowest BCUT2D eigenvalue weighted by atomic mass is 9.76. The quantitative estimate of drug-likeness (QED) is 0.804. The molecule has 3 nitrogen and oxygen atoms in total. The highest BCUT2D eigenvalue weighted by atomic mass is 32.2. The van der Waals surface area contributed by atoms with Crippen LogP contribution < -0.4 is 0 Å². The molecule has 0 spiro atoms. The van der Waals surface area contributed by atoms with Crippen LogP contribution in [0.1, 0.15) is 25.3 Å². The maximum Gasteiger partial charge on any atom is 0.323 e. The summed E-state index contributed by atoms with van der Waals surface area (Å²) in [6, 6.07) is 3.55. The minimum Gasteiger partial charge on any atom is -0.465 e. The molecule has 1 aliphatic rings. The number of hydrogen-bond acceptors (Lipinski definition) is 4. The monoisotopic (exact) mass is 313 g/mol. The highest BCUT2D eigenvalue weighted by molar-refractivity contribution is 8.13. The smallest absolute Gasteiger partial charge is 0.323 e. The average Bonchev–Trinajstić information content (AvgIpc) is 2.50. The molecule has 1 aliphatic heterocycles. The summed E-state index contributed by atoms with van der Waals surface area (Å²) in [5, 5.41) is 0.596. The normalized spacial score (nSPS) is 21.8. The summed E-state index contributed by atoms with van der Waals surface area (Å²) in [4.78, 5) is 16.9. The zero-order valence-electron chi connectivity index (χ0n) is 12.0. The summed E-state index contributed by atoms with van der Waals surface area (Å²) in [6.07, 6.45) is 3.00. The molecule has 0 saturated heterocycles. The minimum atomic E-state index is -1.12. The lowest BCUT2D eigenvalue weighted by Gasteiger charge is -2.35. The van der Waals surface area contributed by atoms with Crippen molar-refractivity contribution in [2.45, 2.75) is 25.2 Å². The number of hydrogen-bond donors (Lipinski definition) is 0. The maximum absolute atomic E-state index is 13.6. The van der Waals surface area contributed by atoms with E-state index in [9.17, 15) is 13.6 Å². The Morgan fingerprint density at radius 3 is 2.81 bits per heavy atom. The van der Waals surface area contributed by atoms with Crippen molar-refractivity contribution in [2.75, 3.05) is 19.4 Å². The van der Waals surface area contributed by atoms with Gasteiger partial charge in [-0.3, -0.25) is 9.79 Å². The molecule has 0 bridgehead atoms. The Hall–Kier alpha value is -1.43. The molecule has 0 fully saturated rings. The van der Waals surface area contributed by atoms with E-state index in [0.29, 0.717) is 30.0 Å². The van der Waals surface area contributed by atoms with Gasteiger partial charge in [-0.25, -0.2) is 8.78 Å². The van der Waals surface area contributed by atoms with Crippen LogP contribution in [0, 0.1) is 11.6 Å². The van der Waals surface area contributed by atoms with Crippen LogP contribution >= 0.6 is 11.8 Å². The summed E-state index contributed by atoms with van der Waals surface area (Å²) < 4.78 is 32.0. The van der Waals surface area contributed by atoms with Crippen LogP contribution in [0.15, 0.2) is 23.2 Å². The zero-order chi connectivity index (χ0) is 15.5. The number of rotatable bonds is 3. The topological polar surface area (TPSA) is 38.7 Å². The van der Waals surface area contributed by atoms with Gasteiger partial charge in [0.2, 0.25) is 0 Å². The van der Waals surface area contributed by atoms with Crippen LogP contribution in [0.2, 0.25) is 0 Å². The van der Waals surface area contributed by atoms with Gasteiger partial charge in [0.05, 0.1) is 11.7 Å². The van der Waals surface area contributed by atoms with Gasteiger partial charge in [0.1, 0.15) is 5.41 Å². The van der Waals surface area contributed by atoms with Crippen LogP contribution in [-0.2, 0) is 14.9 Å². The molecular formula is C15H17F2NO2S. The Balaban J connectivity index is 2.59. The molecule has 0 aliphatic carbocycles. The number of carbonyl (C=O) groups is 1. The zero-order valence-corrected chi connectivity index (χ0v) is 12.8. The Kier molecular flexibility index (Phi) is 4.98. The molecule has 6 heteroatoms. The van der Waals surface area contributed by atoms with Crippen LogP contribution in [0.25, 0.3) is 0 Å². The van der Waals surface area contributed by atoms with E-state index >= 15 is 0 Å². The summed E-state index contributed by atoms with van der Waals surface area (Å²) >= 11 is 1.34. The van der Waals surface area contributed by atoms with Gasteiger partial charge in [-0.2, -0.15) is 0 Å². The number of ether oxygens (including phenoxy) is 1. The minimum absolute atomic E-state index is 0.228. The van der Waals surface area contributed by atoms with E-state index in [1.165, 1.54) is 17.8 Å². The summed E-state index contributed by atoms with van der Waals surface area (Å²) in [6.45, 7) is 2.57. The lowest BCUT2D eigenvalue weighted by molar-refractivity contribution is -0.147. The van der Waals surface area contributed by atoms with Gasteiger partial charge in [0.25, 0.3) is 0 Å². The van der Waals surface area contributed by atoms with E-state index in [1.807, 2.05) is 6.26 Å². The second-order valence-corrected chi connectivity index (χ2v) is 5.54. The predicted molar refractivity (Wildman–Crippen MR) is 79.7 cm³/mol. The third-order valence-electron chi connectivity index (χ3n) is 3.56. The van der Waals surface area contributed by atoms with Crippen molar-refractivity contribution in [1.82, 2.24) is 0 Å². The molecule has 114 valence electrons. The number of thioether (sulfide) groups is 1. The first-order valence-corrected chi connectivity index (χ1v) is 8.00. The largest absolute Gasteiger partial charge is 0.465 e. The third-order valence-corrected chi connectivity index (χ3v) is 4.42. The van der Waals surface area contributed by atoms with E-state index < -0.39 is 23.0 Å². The summed E-state index contributed by atoms with van der Waals surface area (Å²) in [7, 11) is 0. The molecule has 0 radical (unpaired) electrons. The number of benzene rings is 1. The summed E-state index contributed by atoms with van der Waals surface area (Å²) in [5.41, 5.74) is -0.727. The molecule has 1 aromatic carbocycles. The van der Waals surface area contributed by atoms with Crippen LogP contribution in [0.3, 0.4) is 0 Å². The van der Waals surface area contributed by atoms with Crippen molar-refractivity contribution in [1.29, 1.82) is 0 Å². The van der Waals surface area contributed by atoms with Crippen molar-refractivity contribution >= 4 is 22.8 Å². The van der Waals surface area contributed by atoms with Crippen molar-refractivity contribution < 1.29 is 18.3 Å². The van der Waals surface area contributed by atoms with E-state index in [0.717, 1.165) is 12.1 Å². The van der Waals surface area contributed by atoms with E-state index in [1.54, 1.807) is 6.92 Å². The number of esters is 1. The first-order valence-electron chi connectivity index (χ1n) is 6.78. The fraction of sp³-hybridized carbons (Fsp3) is 0.467. The molecule has 0 amide bonds. The molecule has 1 heterocycles. The lowest BCUT2D eigenvalue weighted by Crippen LogP contribution is -2.46. The van der Waals surface area contributed by atoms with Crippen molar-refractivity contribution in [3.05, 3.63) is 35.4 Å². The van der Waals surface area contributed by atoms with Gasteiger partial charge in [0.15, 0.2) is 11.6 Å². The molecule has 1 unspecified atom stereocenters. The first-order chi connectivity index (χ1) is 10.1. The molecular weight excluding hydrogens is 296 g/mol. The van der Waals surface area contributed by atoms with Gasteiger partial charge in [0, 0.05) is 6.54 Å². The molecule has 21 heavy (non-hydrogen) atoms. The molecule has 2 rings (SSSR count). The van der Waals surface area contributed by atoms with Gasteiger partial charge in [-0.1, -0.05) is 6.07 Å². The predicted octanol–water partition coefficient (Wildman–Crippen LogP) is 3.32. The summed E-state index contributed by atoms with van der Waals surface area (Å²) in [5.74, 6) is -2.36. The number of aliphatic imine (C=N–C) groups is 1. The Bertz CT molecular complexity index is 577. The SMILES string of the molecule is CCOC(=O)C1(c2ccc(F)c(F)c2)CCCN=C1SC. The molecule has 0 saturated carbocycles. The van der Waals surface area contributed by atoms with Crippen molar-refractivity contribution in [3.8, 4) is 0 Å². The maximum atomic E-state index is 13.6. The molecule has 0 N–H and O–H groups in total. The molecule has 1 aromatic rings. The Morgan fingerprint density at radius 1 is 1.43 bits per heavy atom. The molecule has 0 aromatic heterocycles. The second-order valence-electron chi connectivity index (χ2n) is 4.75.